The van der Waals surface area contributed by atoms with Gasteiger partial charge in [0, 0.05) is 18.3 Å². The summed E-state index contributed by atoms with van der Waals surface area (Å²) in [6.07, 6.45) is 7.83. The van der Waals surface area contributed by atoms with Crippen LogP contribution in [0.1, 0.15) is 89.7 Å². The van der Waals surface area contributed by atoms with E-state index in [1.807, 2.05) is 20.8 Å². The highest BCUT2D eigenvalue weighted by Gasteiger charge is 2.29. The molecule has 1 fully saturated rings. The van der Waals surface area contributed by atoms with Crippen molar-refractivity contribution < 1.29 is 15.0 Å². The van der Waals surface area contributed by atoms with Gasteiger partial charge in [-0.05, 0) is 80.8 Å². The third-order valence-electron chi connectivity index (χ3n) is 6.93. The van der Waals surface area contributed by atoms with E-state index in [1.54, 1.807) is 0 Å². The van der Waals surface area contributed by atoms with Gasteiger partial charge in [0.1, 0.15) is 0 Å². The predicted octanol–water partition coefficient (Wildman–Crippen LogP) is 6.87. The summed E-state index contributed by atoms with van der Waals surface area (Å²) in [5.41, 5.74) is 4.55. The Hall–Kier alpha value is -2.53. The minimum absolute atomic E-state index is 0.0352. The Kier molecular flexibility index (Phi) is 9.01. The molecule has 3 N–H and O–H groups in total. The minimum atomic E-state index is -0.828. The molecular weight excluding hydrogens is 424 g/mol. The zero-order chi connectivity index (χ0) is 24.7. The van der Waals surface area contributed by atoms with E-state index in [1.165, 1.54) is 24.8 Å². The molecule has 1 aliphatic rings. The van der Waals surface area contributed by atoms with Gasteiger partial charge in [-0.15, -0.1) is 0 Å². The van der Waals surface area contributed by atoms with Crippen LogP contribution in [0.2, 0.25) is 0 Å². The number of carboxylic acid groups (broad SMARTS) is 1. The minimum Gasteiger partial charge on any atom is -0.481 e. The Bertz CT molecular complexity index is 927. The molecule has 186 valence electrons. The zero-order valence-electron chi connectivity index (χ0n) is 21.3. The second kappa shape index (κ2) is 11.7. The second-order valence-electron chi connectivity index (χ2n) is 10.4. The molecule has 0 heterocycles. The van der Waals surface area contributed by atoms with Gasteiger partial charge in [-0.25, -0.2) is 0 Å². The molecule has 0 unspecified atom stereocenters. The van der Waals surface area contributed by atoms with E-state index in [9.17, 15) is 15.0 Å². The van der Waals surface area contributed by atoms with E-state index < -0.39 is 11.6 Å². The number of nitrogens with zero attached hydrogens (tertiary/aromatic N) is 1. The first-order valence-corrected chi connectivity index (χ1v) is 12.9. The molecule has 0 aromatic heterocycles. The Labute approximate surface area is 205 Å². The monoisotopic (exact) mass is 466 g/mol. The van der Waals surface area contributed by atoms with Crippen molar-refractivity contribution in [2.75, 3.05) is 16.8 Å². The maximum absolute atomic E-state index is 11.5. The van der Waals surface area contributed by atoms with Crippen molar-refractivity contribution in [3.05, 3.63) is 53.6 Å². The second-order valence-corrected chi connectivity index (χ2v) is 10.4. The molecule has 1 saturated carbocycles. The molecule has 2 aromatic rings. The van der Waals surface area contributed by atoms with Crippen LogP contribution in [0.4, 0.5) is 17.1 Å². The number of hydrogen-bond donors (Lipinski definition) is 3. The molecular formula is C29H42N2O3. The summed E-state index contributed by atoms with van der Waals surface area (Å²) in [6.45, 7) is 8.48. The number of rotatable bonds is 11. The topological polar surface area (TPSA) is 72.8 Å². The van der Waals surface area contributed by atoms with Gasteiger partial charge in [-0.3, -0.25) is 4.79 Å². The van der Waals surface area contributed by atoms with Gasteiger partial charge < -0.3 is 20.4 Å². The number of carboxylic acids is 1. The van der Waals surface area contributed by atoms with E-state index in [4.69, 9.17) is 0 Å². The van der Waals surface area contributed by atoms with Gasteiger partial charge in [0.15, 0.2) is 0 Å². The number of aliphatic carboxylic acids is 1. The average Bonchev–Trinajstić information content (AvgIpc) is 2.81. The van der Waals surface area contributed by atoms with Crippen molar-refractivity contribution in [1.29, 1.82) is 0 Å². The highest BCUT2D eigenvalue weighted by atomic mass is 16.4. The van der Waals surface area contributed by atoms with Crippen molar-refractivity contribution >= 4 is 23.0 Å². The molecule has 2 aromatic carbocycles. The SMILES string of the molecule is CCc1ccc(Nc2cc([C@H](CC)CC(=O)O)ccc2N(CC(C)(C)O)C2CCCCC2)cc1. The van der Waals surface area contributed by atoms with Gasteiger partial charge in [0.05, 0.1) is 23.4 Å². The molecule has 5 heteroatoms. The molecule has 0 saturated heterocycles. The quantitative estimate of drug-likeness (QED) is 0.337. The number of carbonyl (C=O) groups is 1. The molecule has 0 bridgehead atoms. The van der Waals surface area contributed by atoms with E-state index in [2.05, 4.69) is 59.6 Å². The molecule has 0 spiro atoms. The summed E-state index contributed by atoms with van der Waals surface area (Å²) in [5, 5.41) is 23.8. The van der Waals surface area contributed by atoms with Crippen molar-refractivity contribution in [1.82, 2.24) is 0 Å². The third-order valence-corrected chi connectivity index (χ3v) is 6.93. The summed E-state index contributed by atoms with van der Waals surface area (Å²) in [5.74, 6) is -0.807. The third kappa shape index (κ3) is 7.23. The number of aliphatic hydroxyl groups is 1. The average molecular weight is 467 g/mol. The Morgan fingerprint density at radius 3 is 2.32 bits per heavy atom. The molecule has 0 radical (unpaired) electrons. The molecule has 1 aliphatic carbocycles. The van der Waals surface area contributed by atoms with Crippen LogP contribution in [-0.2, 0) is 11.2 Å². The van der Waals surface area contributed by atoms with Crippen LogP contribution >= 0.6 is 0 Å². The summed E-state index contributed by atoms with van der Waals surface area (Å²) in [4.78, 5) is 13.8. The van der Waals surface area contributed by atoms with Crippen LogP contribution in [0.3, 0.4) is 0 Å². The number of aryl methyl sites for hydroxylation is 1. The first kappa shape index (κ1) is 26.1. The lowest BCUT2D eigenvalue weighted by Gasteiger charge is -2.40. The largest absolute Gasteiger partial charge is 0.481 e. The smallest absolute Gasteiger partial charge is 0.303 e. The van der Waals surface area contributed by atoms with Gasteiger partial charge in [0.25, 0.3) is 0 Å². The van der Waals surface area contributed by atoms with Gasteiger partial charge in [-0.2, -0.15) is 0 Å². The highest BCUT2D eigenvalue weighted by Crippen LogP contribution is 2.38. The van der Waals surface area contributed by atoms with Crippen LogP contribution in [0.5, 0.6) is 0 Å². The number of anilines is 3. The summed E-state index contributed by atoms with van der Waals surface area (Å²) >= 11 is 0. The van der Waals surface area contributed by atoms with E-state index >= 15 is 0 Å². The fourth-order valence-electron chi connectivity index (χ4n) is 5.07. The molecule has 0 amide bonds. The number of nitrogens with one attached hydrogen (secondary N) is 1. The summed E-state index contributed by atoms with van der Waals surface area (Å²) in [6, 6.07) is 15.2. The molecule has 0 aliphatic heterocycles. The van der Waals surface area contributed by atoms with E-state index in [0.29, 0.717) is 12.6 Å². The lowest BCUT2D eigenvalue weighted by Crippen LogP contribution is -2.45. The van der Waals surface area contributed by atoms with Crippen LogP contribution in [0.15, 0.2) is 42.5 Å². The first-order valence-electron chi connectivity index (χ1n) is 12.9. The van der Waals surface area contributed by atoms with Crippen molar-refractivity contribution in [3.63, 3.8) is 0 Å². The van der Waals surface area contributed by atoms with Crippen molar-refractivity contribution in [2.24, 2.45) is 0 Å². The number of hydrogen-bond acceptors (Lipinski definition) is 4. The van der Waals surface area contributed by atoms with Gasteiger partial charge in [-0.1, -0.05) is 51.3 Å². The number of benzene rings is 2. The van der Waals surface area contributed by atoms with Crippen LogP contribution in [0.25, 0.3) is 0 Å². The maximum Gasteiger partial charge on any atom is 0.303 e. The Morgan fingerprint density at radius 1 is 1.09 bits per heavy atom. The van der Waals surface area contributed by atoms with E-state index in [-0.39, 0.29) is 12.3 Å². The maximum atomic E-state index is 11.5. The van der Waals surface area contributed by atoms with Crippen LogP contribution in [-0.4, -0.2) is 34.4 Å². The normalized spacial score (nSPS) is 15.7. The first-order chi connectivity index (χ1) is 16.2. The molecule has 5 nitrogen and oxygen atoms in total. The van der Waals surface area contributed by atoms with Crippen LogP contribution < -0.4 is 10.2 Å². The molecule has 3 rings (SSSR count). The van der Waals surface area contributed by atoms with Crippen molar-refractivity contribution in [3.8, 4) is 0 Å². The Morgan fingerprint density at radius 2 is 1.76 bits per heavy atom. The molecule has 1 atom stereocenters. The predicted molar refractivity (Wildman–Crippen MR) is 141 cm³/mol. The fourth-order valence-corrected chi connectivity index (χ4v) is 5.07. The van der Waals surface area contributed by atoms with Crippen molar-refractivity contribution in [2.45, 2.75) is 96.6 Å². The fraction of sp³-hybridized carbons (Fsp3) is 0.552. The Balaban J connectivity index is 2.05. The van der Waals surface area contributed by atoms with Gasteiger partial charge in [0.2, 0.25) is 0 Å². The highest BCUT2D eigenvalue weighted by molar-refractivity contribution is 5.77. The lowest BCUT2D eigenvalue weighted by atomic mass is 9.90. The van der Waals surface area contributed by atoms with E-state index in [0.717, 1.165) is 48.3 Å². The lowest BCUT2D eigenvalue weighted by molar-refractivity contribution is -0.137. The van der Waals surface area contributed by atoms with Gasteiger partial charge >= 0.3 is 5.97 Å². The standard InChI is InChI=1S/C29H42N2O3/c1-5-21-12-15-24(16-13-21)30-26-18-23(22(6-2)19-28(32)33)14-17-27(26)31(20-29(3,4)34)25-10-8-7-9-11-25/h12-18,22,25,30,34H,5-11,19-20H2,1-4H3,(H,32,33)/t22-/m1/s1. The summed E-state index contributed by atoms with van der Waals surface area (Å²) < 4.78 is 0. The molecule has 34 heavy (non-hydrogen) atoms. The van der Waals surface area contributed by atoms with Crippen LogP contribution in [0, 0.1) is 0 Å². The zero-order valence-corrected chi connectivity index (χ0v) is 21.3. The summed E-state index contributed by atoms with van der Waals surface area (Å²) in [7, 11) is 0.